The average Bonchev–Trinajstić information content (AvgIpc) is 2.77. The van der Waals surface area contributed by atoms with Gasteiger partial charge in [-0.1, -0.05) is 41.9 Å². The maximum Gasteiger partial charge on any atom is 0.150 e. The third kappa shape index (κ3) is 4.02. The molecule has 0 bridgehead atoms. The number of para-hydroxylation sites is 2. The van der Waals surface area contributed by atoms with E-state index in [0.717, 1.165) is 39.6 Å². The molecule has 2 aliphatic rings. The number of fused-ring (bicyclic) bond motifs is 2. The van der Waals surface area contributed by atoms with Gasteiger partial charge in [-0.15, -0.1) is 0 Å². The van der Waals surface area contributed by atoms with Crippen LogP contribution in [0.25, 0.3) is 0 Å². The second-order valence-corrected chi connectivity index (χ2v) is 8.61. The second kappa shape index (κ2) is 8.17. The van der Waals surface area contributed by atoms with E-state index in [1.54, 1.807) is 6.92 Å². The van der Waals surface area contributed by atoms with Crippen LogP contribution in [0.3, 0.4) is 0 Å². The lowest BCUT2D eigenvalue weighted by atomic mass is 9.92. The Morgan fingerprint density at radius 1 is 1.00 bits per heavy atom. The monoisotopic (exact) mass is 437 g/mol. The highest BCUT2D eigenvalue weighted by Crippen LogP contribution is 2.42. The van der Waals surface area contributed by atoms with Gasteiger partial charge in [-0.3, -0.25) is 0 Å². The van der Waals surface area contributed by atoms with Crippen LogP contribution in [0.4, 0.5) is 11.4 Å². The molecule has 4 atom stereocenters. The topological polar surface area (TPSA) is 71.0 Å². The smallest absolute Gasteiger partial charge is 0.150 e. The quantitative estimate of drug-likeness (QED) is 0.403. The summed E-state index contributed by atoms with van der Waals surface area (Å²) in [6, 6.07) is 19.8. The first-order chi connectivity index (χ1) is 15.0. The Labute approximate surface area is 186 Å². The van der Waals surface area contributed by atoms with Crippen LogP contribution >= 0.6 is 11.6 Å². The van der Waals surface area contributed by atoms with Gasteiger partial charge in [0, 0.05) is 11.4 Å². The van der Waals surface area contributed by atoms with Gasteiger partial charge in [0.15, 0.2) is 11.5 Å². The molecule has 31 heavy (non-hydrogen) atoms. The summed E-state index contributed by atoms with van der Waals surface area (Å²) >= 11 is 6.51. The van der Waals surface area contributed by atoms with E-state index in [4.69, 9.17) is 21.1 Å². The first-order valence-electron chi connectivity index (χ1n) is 10.4. The molecule has 0 aromatic heterocycles. The zero-order chi connectivity index (χ0) is 21.5. The molecule has 0 spiro atoms. The standard InChI is InChI=1S/C25H24ClNO4/c1-14-25(29)21(28)13-24(30-14)16-7-8-18(26)17(12-16)10-15-6-9-23-20(11-15)27-19-4-2-3-5-22(19)31-23/h2-9,11-12,14,21,24-25,27-29H,10,13H2,1H3/t14?,21?,24?,25-/m1/s1. The molecule has 0 saturated carbocycles. The number of rotatable bonds is 3. The first-order valence-corrected chi connectivity index (χ1v) is 10.8. The molecule has 2 heterocycles. The van der Waals surface area contributed by atoms with E-state index in [1.165, 1.54) is 0 Å². The van der Waals surface area contributed by atoms with Crippen molar-refractivity contribution in [3.63, 3.8) is 0 Å². The number of nitrogens with one attached hydrogen (secondary N) is 1. The van der Waals surface area contributed by atoms with Gasteiger partial charge in [-0.05, 0) is 60.4 Å². The Bertz CT molecular complexity index is 1110. The molecule has 0 radical (unpaired) electrons. The predicted molar refractivity (Wildman–Crippen MR) is 120 cm³/mol. The summed E-state index contributed by atoms with van der Waals surface area (Å²) in [5, 5.41) is 24.2. The number of hydrogen-bond donors (Lipinski definition) is 3. The van der Waals surface area contributed by atoms with Gasteiger partial charge in [-0.2, -0.15) is 0 Å². The van der Waals surface area contributed by atoms with E-state index in [1.807, 2.05) is 54.6 Å². The molecule has 1 saturated heterocycles. The van der Waals surface area contributed by atoms with Crippen LogP contribution in [0.5, 0.6) is 11.5 Å². The summed E-state index contributed by atoms with van der Waals surface area (Å²) in [6.45, 7) is 1.78. The number of anilines is 2. The third-order valence-electron chi connectivity index (χ3n) is 5.97. The van der Waals surface area contributed by atoms with Crippen molar-refractivity contribution in [2.75, 3.05) is 5.32 Å². The van der Waals surface area contributed by atoms with Gasteiger partial charge in [0.05, 0.1) is 29.7 Å². The van der Waals surface area contributed by atoms with Gasteiger partial charge < -0.3 is 25.0 Å². The van der Waals surface area contributed by atoms with Crippen LogP contribution < -0.4 is 10.1 Å². The van der Waals surface area contributed by atoms with E-state index < -0.39 is 18.3 Å². The van der Waals surface area contributed by atoms with E-state index in [2.05, 4.69) is 11.4 Å². The predicted octanol–water partition coefficient (Wildman–Crippen LogP) is 5.35. The lowest BCUT2D eigenvalue weighted by Crippen LogP contribution is -2.43. The third-order valence-corrected chi connectivity index (χ3v) is 6.33. The number of hydrogen-bond acceptors (Lipinski definition) is 5. The van der Waals surface area contributed by atoms with Crippen LogP contribution in [0.2, 0.25) is 5.02 Å². The molecular formula is C25H24ClNO4. The Hall–Kier alpha value is -2.57. The number of aliphatic hydroxyl groups excluding tert-OH is 2. The summed E-state index contributed by atoms with van der Waals surface area (Å²) in [4.78, 5) is 0. The number of ether oxygens (including phenoxy) is 2. The molecule has 3 unspecified atom stereocenters. The van der Waals surface area contributed by atoms with E-state index in [-0.39, 0.29) is 6.10 Å². The fourth-order valence-corrected chi connectivity index (χ4v) is 4.41. The highest BCUT2D eigenvalue weighted by molar-refractivity contribution is 6.31. The minimum Gasteiger partial charge on any atom is -0.453 e. The molecule has 1 fully saturated rings. The fourth-order valence-electron chi connectivity index (χ4n) is 4.23. The maximum absolute atomic E-state index is 10.1. The van der Waals surface area contributed by atoms with Crippen molar-refractivity contribution in [3.05, 3.63) is 82.4 Å². The summed E-state index contributed by atoms with van der Waals surface area (Å²) < 4.78 is 11.9. The van der Waals surface area contributed by atoms with E-state index in [0.29, 0.717) is 17.9 Å². The molecule has 0 aliphatic carbocycles. The van der Waals surface area contributed by atoms with Gasteiger partial charge in [-0.25, -0.2) is 0 Å². The summed E-state index contributed by atoms with van der Waals surface area (Å²) in [5.74, 6) is 1.60. The number of benzene rings is 3. The summed E-state index contributed by atoms with van der Waals surface area (Å²) in [7, 11) is 0. The van der Waals surface area contributed by atoms with Crippen molar-refractivity contribution in [2.24, 2.45) is 0 Å². The van der Waals surface area contributed by atoms with Crippen molar-refractivity contribution in [3.8, 4) is 11.5 Å². The van der Waals surface area contributed by atoms with Crippen LogP contribution in [-0.2, 0) is 11.2 Å². The van der Waals surface area contributed by atoms with E-state index >= 15 is 0 Å². The molecule has 3 aromatic carbocycles. The molecule has 3 N–H and O–H groups in total. The Kier molecular flexibility index (Phi) is 5.36. The zero-order valence-corrected chi connectivity index (χ0v) is 17.8. The highest BCUT2D eigenvalue weighted by atomic mass is 35.5. The molecule has 3 aromatic rings. The minimum absolute atomic E-state index is 0.278. The van der Waals surface area contributed by atoms with E-state index in [9.17, 15) is 10.2 Å². The molecule has 0 amide bonds. The Morgan fingerprint density at radius 2 is 1.81 bits per heavy atom. The second-order valence-electron chi connectivity index (χ2n) is 8.20. The SMILES string of the molecule is CC1OC(c2ccc(Cl)c(Cc3ccc4c(c3)Nc3ccccc3O4)c2)CC(O)[C@@H]1O. The summed E-state index contributed by atoms with van der Waals surface area (Å²) in [5.41, 5.74) is 4.89. The molecule has 160 valence electrons. The van der Waals surface area contributed by atoms with Gasteiger partial charge >= 0.3 is 0 Å². The molecule has 5 nitrogen and oxygen atoms in total. The minimum atomic E-state index is -0.863. The zero-order valence-electron chi connectivity index (χ0n) is 17.1. The largest absolute Gasteiger partial charge is 0.453 e. The van der Waals surface area contributed by atoms with Crippen molar-refractivity contribution >= 4 is 23.0 Å². The lowest BCUT2D eigenvalue weighted by Gasteiger charge is -2.35. The van der Waals surface area contributed by atoms with Crippen molar-refractivity contribution in [2.45, 2.75) is 44.2 Å². The van der Waals surface area contributed by atoms with Crippen molar-refractivity contribution in [1.29, 1.82) is 0 Å². The van der Waals surface area contributed by atoms with Crippen LogP contribution in [0.1, 0.15) is 36.1 Å². The lowest BCUT2D eigenvalue weighted by molar-refractivity contribution is -0.163. The van der Waals surface area contributed by atoms with Gasteiger partial charge in [0.2, 0.25) is 0 Å². The van der Waals surface area contributed by atoms with Crippen LogP contribution in [0.15, 0.2) is 60.7 Å². The van der Waals surface area contributed by atoms with Crippen molar-refractivity contribution < 1.29 is 19.7 Å². The maximum atomic E-state index is 10.1. The van der Waals surface area contributed by atoms with Crippen molar-refractivity contribution in [1.82, 2.24) is 0 Å². The number of halogens is 1. The highest BCUT2D eigenvalue weighted by Gasteiger charge is 2.34. The first kappa shape index (κ1) is 20.3. The summed E-state index contributed by atoms with van der Waals surface area (Å²) in [6.07, 6.45) is -1.37. The Balaban J connectivity index is 1.38. The molecular weight excluding hydrogens is 414 g/mol. The normalized spacial score (nSPS) is 24.5. The Morgan fingerprint density at radius 3 is 2.65 bits per heavy atom. The van der Waals surface area contributed by atoms with Gasteiger partial charge in [0.1, 0.15) is 6.10 Å². The molecule has 5 rings (SSSR count). The average molecular weight is 438 g/mol. The number of aliphatic hydroxyl groups is 2. The van der Waals surface area contributed by atoms with Gasteiger partial charge in [0.25, 0.3) is 0 Å². The van der Waals surface area contributed by atoms with Crippen LogP contribution in [0, 0.1) is 0 Å². The van der Waals surface area contributed by atoms with Crippen LogP contribution in [-0.4, -0.2) is 28.5 Å². The fraction of sp³-hybridized carbons (Fsp3) is 0.280. The molecule has 2 aliphatic heterocycles. The molecule has 6 heteroatoms.